The number of ether oxygens (including phenoxy) is 1. The minimum absolute atomic E-state index is 0.0507. The molecule has 0 saturated carbocycles. The molecule has 3 rings (SSSR count). The zero-order valence-electron chi connectivity index (χ0n) is 16.9. The molecule has 2 saturated heterocycles. The average molecular weight is 455 g/mol. The largest absolute Gasteiger partial charge is 0.507 e. The van der Waals surface area contributed by atoms with Crippen molar-refractivity contribution in [2.45, 2.75) is 49.8 Å². The predicted molar refractivity (Wildman–Crippen MR) is 111 cm³/mol. The first kappa shape index (κ1) is 23.4. The Labute approximate surface area is 180 Å². The normalized spacial score (nSPS) is 20.7. The van der Waals surface area contributed by atoms with Crippen molar-refractivity contribution in [1.82, 2.24) is 4.90 Å². The molecule has 2 aliphatic rings. The first-order valence-electron chi connectivity index (χ1n) is 10.2. The van der Waals surface area contributed by atoms with Gasteiger partial charge in [-0.25, -0.2) is 13.2 Å². The lowest BCUT2D eigenvalue weighted by molar-refractivity contribution is -0.140. The molecular formula is C19H26BNO9S. The Morgan fingerprint density at radius 2 is 1.90 bits per heavy atom. The number of likely N-dealkylation sites (tertiary alicyclic amines) is 1. The predicted octanol–water partition coefficient (Wildman–Crippen LogP) is 0.0527. The number of amides is 1. The summed E-state index contributed by atoms with van der Waals surface area (Å²) in [5.41, 5.74) is -0.181. The Morgan fingerprint density at radius 3 is 2.52 bits per heavy atom. The van der Waals surface area contributed by atoms with E-state index >= 15 is 0 Å². The minimum atomic E-state index is -3.24. The molecular weight excluding hydrogens is 429 g/mol. The molecule has 2 aliphatic heterocycles. The second-order valence-electron chi connectivity index (χ2n) is 8.00. The molecule has 2 fully saturated rings. The SMILES string of the molecule is O=C(O)c1c(OC2CN(C(=O)CC3CCCCS3(=O)=O)C2)ccc(CCB(O)O)c1O. The fraction of sp³-hybridized carbons (Fsp3) is 0.579. The maximum absolute atomic E-state index is 12.4. The smallest absolute Gasteiger partial charge is 0.451 e. The molecule has 1 aromatic carbocycles. The molecule has 0 bridgehead atoms. The van der Waals surface area contributed by atoms with E-state index in [4.69, 9.17) is 14.8 Å². The molecule has 4 N–H and O–H groups in total. The van der Waals surface area contributed by atoms with E-state index in [0.29, 0.717) is 12.8 Å². The summed E-state index contributed by atoms with van der Waals surface area (Å²) in [6.45, 7) is 0.397. The highest BCUT2D eigenvalue weighted by molar-refractivity contribution is 7.92. The van der Waals surface area contributed by atoms with E-state index in [1.165, 1.54) is 17.0 Å². The standard InChI is InChI=1S/C19H26BNO9S/c22-16(9-14-3-1-2-8-31(14,28)29)21-10-13(11-21)30-15-5-4-12(6-7-20(26)27)18(23)17(15)19(24)25/h4-5,13-14,23,26-27H,1-3,6-11H2,(H,24,25). The van der Waals surface area contributed by atoms with Gasteiger partial charge in [0.05, 0.1) is 24.1 Å². The summed E-state index contributed by atoms with van der Waals surface area (Å²) in [5, 5.41) is 37.0. The highest BCUT2D eigenvalue weighted by Gasteiger charge is 2.37. The van der Waals surface area contributed by atoms with E-state index in [1.54, 1.807) is 0 Å². The molecule has 1 aromatic rings. The lowest BCUT2D eigenvalue weighted by atomic mass is 9.82. The summed E-state index contributed by atoms with van der Waals surface area (Å²) < 4.78 is 29.9. The topological polar surface area (TPSA) is 162 Å². The molecule has 0 radical (unpaired) electrons. The van der Waals surface area contributed by atoms with Crippen LogP contribution in [0.3, 0.4) is 0 Å². The van der Waals surface area contributed by atoms with Crippen LogP contribution in [0.4, 0.5) is 0 Å². The van der Waals surface area contributed by atoms with Gasteiger partial charge in [0.1, 0.15) is 23.2 Å². The van der Waals surface area contributed by atoms with Crippen LogP contribution in [0.25, 0.3) is 0 Å². The summed E-state index contributed by atoms with van der Waals surface area (Å²) in [5.74, 6) is -2.10. The van der Waals surface area contributed by atoms with Crippen LogP contribution in [0, 0.1) is 0 Å². The fourth-order valence-electron chi connectivity index (χ4n) is 3.88. The molecule has 1 atom stereocenters. The van der Waals surface area contributed by atoms with E-state index in [-0.39, 0.29) is 55.2 Å². The lowest BCUT2D eigenvalue weighted by Gasteiger charge is -2.40. The van der Waals surface area contributed by atoms with Gasteiger partial charge in [-0.2, -0.15) is 0 Å². The van der Waals surface area contributed by atoms with Crippen molar-refractivity contribution < 1.29 is 43.0 Å². The molecule has 1 amide bonds. The first-order valence-corrected chi connectivity index (χ1v) is 11.9. The van der Waals surface area contributed by atoms with Crippen molar-refractivity contribution in [3.05, 3.63) is 23.3 Å². The summed E-state index contributed by atoms with van der Waals surface area (Å²) in [6.07, 6.45) is 1.38. The summed E-state index contributed by atoms with van der Waals surface area (Å²) in [4.78, 5) is 25.5. The van der Waals surface area contributed by atoms with E-state index in [0.717, 1.165) is 6.42 Å². The molecule has 0 aliphatic carbocycles. The third-order valence-electron chi connectivity index (χ3n) is 5.72. The van der Waals surface area contributed by atoms with Crippen molar-refractivity contribution in [3.63, 3.8) is 0 Å². The second kappa shape index (κ2) is 9.45. The molecule has 0 spiro atoms. The monoisotopic (exact) mass is 455 g/mol. The van der Waals surface area contributed by atoms with Crippen LogP contribution in [0.2, 0.25) is 6.32 Å². The van der Waals surface area contributed by atoms with Gasteiger partial charge in [-0.3, -0.25) is 4.79 Å². The number of benzene rings is 1. The number of carbonyl (C=O) groups is 2. The van der Waals surface area contributed by atoms with Crippen LogP contribution >= 0.6 is 0 Å². The van der Waals surface area contributed by atoms with E-state index in [2.05, 4.69) is 0 Å². The first-order chi connectivity index (χ1) is 14.6. The van der Waals surface area contributed by atoms with Crippen LogP contribution < -0.4 is 4.74 Å². The number of nitrogens with zero attached hydrogens (tertiary/aromatic N) is 1. The number of aromatic hydroxyl groups is 1. The Bertz CT molecular complexity index is 944. The second-order valence-corrected chi connectivity index (χ2v) is 10.4. The maximum Gasteiger partial charge on any atom is 0.451 e. The lowest BCUT2D eigenvalue weighted by Crippen LogP contribution is -2.57. The van der Waals surface area contributed by atoms with Gasteiger partial charge in [0, 0.05) is 6.42 Å². The molecule has 2 heterocycles. The Kier molecular flexibility index (Phi) is 7.12. The van der Waals surface area contributed by atoms with Gasteiger partial charge in [-0.05, 0) is 37.2 Å². The molecule has 12 heteroatoms. The number of hydrogen-bond donors (Lipinski definition) is 4. The van der Waals surface area contributed by atoms with Crippen molar-refractivity contribution >= 4 is 28.8 Å². The quantitative estimate of drug-likeness (QED) is 0.397. The van der Waals surface area contributed by atoms with Gasteiger partial charge in [-0.15, -0.1) is 0 Å². The minimum Gasteiger partial charge on any atom is -0.507 e. The Morgan fingerprint density at radius 1 is 1.19 bits per heavy atom. The highest BCUT2D eigenvalue weighted by atomic mass is 32.2. The maximum atomic E-state index is 12.4. The van der Waals surface area contributed by atoms with E-state index < -0.39 is 45.6 Å². The number of carbonyl (C=O) groups excluding carboxylic acids is 1. The average Bonchev–Trinajstić information content (AvgIpc) is 2.64. The summed E-state index contributed by atoms with van der Waals surface area (Å²) in [7, 11) is -4.81. The third kappa shape index (κ3) is 5.49. The molecule has 0 aromatic heterocycles. The van der Waals surface area contributed by atoms with E-state index in [1.807, 2.05) is 0 Å². The van der Waals surface area contributed by atoms with E-state index in [9.17, 15) is 28.2 Å². The number of sulfone groups is 1. The fourth-order valence-corrected chi connectivity index (χ4v) is 5.74. The van der Waals surface area contributed by atoms with Crippen molar-refractivity contribution in [2.24, 2.45) is 0 Å². The number of rotatable bonds is 8. The van der Waals surface area contributed by atoms with Gasteiger partial charge in [-0.1, -0.05) is 12.5 Å². The Balaban J connectivity index is 1.60. The zero-order chi connectivity index (χ0) is 22.8. The molecule has 170 valence electrons. The number of carboxylic acids is 1. The van der Waals surface area contributed by atoms with Crippen LogP contribution in [0.15, 0.2) is 12.1 Å². The van der Waals surface area contributed by atoms with Crippen molar-refractivity contribution in [3.8, 4) is 11.5 Å². The number of phenols is 1. The van der Waals surface area contributed by atoms with Gasteiger partial charge in [0.15, 0.2) is 9.84 Å². The van der Waals surface area contributed by atoms with Gasteiger partial charge < -0.3 is 29.9 Å². The zero-order valence-corrected chi connectivity index (χ0v) is 17.8. The van der Waals surface area contributed by atoms with Gasteiger partial charge >= 0.3 is 13.1 Å². The van der Waals surface area contributed by atoms with Crippen molar-refractivity contribution in [2.75, 3.05) is 18.8 Å². The molecule has 10 nitrogen and oxygen atoms in total. The number of hydrogen-bond acceptors (Lipinski definition) is 8. The third-order valence-corrected chi connectivity index (χ3v) is 7.99. The van der Waals surface area contributed by atoms with Crippen LogP contribution in [-0.4, -0.2) is 82.8 Å². The number of carboxylic acid groups (broad SMARTS) is 1. The molecule has 1 unspecified atom stereocenters. The van der Waals surface area contributed by atoms with Gasteiger partial charge in [0.25, 0.3) is 0 Å². The van der Waals surface area contributed by atoms with Crippen LogP contribution in [0.1, 0.15) is 41.6 Å². The Hall–Kier alpha value is -2.31. The van der Waals surface area contributed by atoms with Gasteiger partial charge in [0.2, 0.25) is 5.91 Å². The highest BCUT2D eigenvalue weighted by Crippen LogP contribution is 2.34. The molecule has 31 heavy (non-hydrogen) atoms. The van der Waals surface area contributed by atoms with Crippen LogP contribution in [0.5, 0.6) is 11.5 Å². The number of aromatic carboxylic acids is 1. The number of aryl methyl sites for hydroxylation is 1. The van der Waals surface area contributed by atoms with Crippen molar-refractivity contribution in [1.29, 1.82) is 0 Å². The summed E-state index contributed by atoms with van der Waals surface area (Å²) in [6, 6.07) is 2.84. The summed E-state index contributed by atoms with van der Waals surface area (Å²) >= 11 is 0. The van der Waals surface area contributed by atoms with Crippen LogP contribution in [-0.2, 0) is 21.1 Å².